The van der Waals surface area contributed by atoms with Crippen molar-refractivity contribution >= 4 is 0 Å². The van der Waals surface area contributed by atoms with Crippen molar-refractivity contribution in [2.75, 3.05) is 6.61 Å². The molecule has 0 saturated carbocycles. The summed E-state index contributed by atoms with van der Waals surface area (Å²) < 4.78 is 24.3. The van der Waals surface area contributed by atoms with Crippen LogP contribution in [0.1, 0.15) is 23.6 Å². The third-order valence-electron chi connectivity index (χ3n) is 5.63. The van der Waals surface area contributed by atoms with Crippen molar-refractivity contribution in [2.24, 2.45) is 0 Å². The van der Waals surface area contributed by atoms with Crippen molar-refractivity contribution in [1.29, 1.82) is 0 Å². The van der Waals surface area contributed by atoms with E-state index < -0.39 is 24.1 Å². The molecular weight excluding hydrogens is 404 g/mol. The highest BCUT2D eigenvalue weighted by molar-refractivity contribution is 5.15. The molecule has 4 atom stereocenters. The summed E-state index contributed by atoms with van der Waals surface area (Å²) >= 11 is 0. The molecule has 168 valence electrons. The van der Waals surface area contributed by atoms with Gasteiger partial charge in [0.2, 0.25) is 0 Å². The molecule has 1 unspecified atom stereocenters. The van der Waals surface area contributed by atoms with Gasteiger partial charge < -0.3 is 24.1 Å². The number of ether oxygens (including phenoxy) is 4. The average molecular weight is 435 g/mol. The summed E-state index contributed by atoms with van der Waals surface area (Å²) in [5.41, 5.74) is 2.29. The maximum atomic E-state index is 10.7. The average Bonchev–Trinajstić information content (AvgIpc) is 3.07. The lowest BCUT2D eigenvalue weighted by molar-refractivity contribution is -0.181. The van der Waals surface area contributed by atoms with Crippen LogP contribution in [0.25, 0.3) is 0 Å². The third kappa shape index (κ3) is 5.82. The Morgan fingerprint density at radius 3 is 1.72 bits per heavy atom. The van der Waals surface area contributed by atoms with E-state index in [1.165, 1.54) is 0 Å². The van der Waals surface area contributed by atoms with Crippen molar-refractivity contribution in [2.45, 2.75) is 50.8 Å². The minimum Gasteiger partial charge on any atom is -0.374 e. The molecule has 1 N–H and O–H groups in total. The number of benzene rings is 3. The van der Waals surface area contributed by atoms with Crippen molar-refractivity contribution < 1.29 is 24.1 Å². The molecule has 5 heteroatoms. The summed E-state index contributed by atoms with van der Waals surface area (Å²) in [7, 11) is 0. The monoisotopic (exact) mass is 434 g/mol. The van der Waals surface area contributed by atoms with E-state index in [0.29, 0.717) is 19.8 Å². The molecule has 32 heavy (non-hydrogen) atoms. The second-order valence-electron chi connectivity index (χ2n) is 8.28. The van der Waals surface area contributed by atoms with Gasteiger partial charge in [0.25, 0.3) is 0 Å². The molecule has 0 radical (unpaired) electrons. The van der Waals surface area contributed by atoms with E-state index >= 15 is 0 Å². The van der Waals surface area contributed by atoms with Gasteiger partial charge in [-0.3, -0.25) is 0 Å². The highest BCUT2D eigenvalue weighted by atomic mass is 16.7. The number of aliphatic hydroxyl groups excluding tert-OH is 1. The van der Waals surface area contributed by atoms with Gasteiger partial charge in [-0.05, 0) is 23.6 Å². The van der Waals surface area contributed by atoms with Crippen molar-refractivity contribution in [3.63, 3.8) is 0 Å². The molecule has 4 rings (SSSR count). The van der Waals surface area contributed by atoms with E-state index in [1.807, 2.05) is 97.9 Å². The molecular formula is C27H30O5. The molecule has 3 aromatic rings. The van der Waals surface area contributed by atoms with Gasteiger partial charge in [0, 0.05) is 0 Å². The van der Waals surface area contributed by atoms with Crippen molar-refractivity contribution in [3.8, 4) is 0 Å². The van der Waals surface area contributed by atoms with Crippen molar-refractivity contribution in [3.05, 3.63) is 108 Å². The van der Waals surface area contributed by atoms with Gasteiger partial charge in [-0.25, -0.2) is 0 Å². The van der Waals surface area contributed by atoms with Gasteiger partial charge in [-0.1, -0.05) is 91.0 Å². The van der Waals surface area contributed by atoms with Crippen molar-refractivity contribution in [1.82, 2.24) is 0 Å². The number of aliphatic hydroxyl groups is 1. The van der Waals surface area contributed by atoms with Gasteiger partial charge in [0.05, 0.1) is 26.4 Å². The zero-order valence-electron chi connectivity index (χ0n) is 18.3. The molecule has 0 aliphatic carbocycles. The topological polar surface area (TPSA) is 57.2 Å². The van der Waals surface area contributed by atoms with Crippen LogP contribution in [0.3, 0.4) is 0 Å². The van der Waals surface area contributed by atoms with E-state index in [2.05, 4.69) is 0 Å². The largest absolute Gasteiger partial charge is 0.374 e. The minimum atomic E-state index is -1.11. The smallest absolute Gasteiger partial charge is 0.184 e. The molecule has 0 spiro atoms. The molecule has 1 aliphatic heterocycles. The second kappa shape index (κ2) is 10.9. The van der Waals surface area contributed by atoms with Gasteiger partial charge in [-0.2, -0.15) is 0 Å². The van der Waals surface area contributed by atoms with Gasteiger partial charge in [0.1, 0.15) is 17.8 Å². The Hall–Kier alpha value is -2.54. The summed E-state index contributed by atoms with van der Waals surface area (Å²) in [6, 6.07) is 29.8. The summed E-state index contributed by atoms with van der Waals surface area (Å²) in [5.74, 6) is 0. The molecule has 0 aromatic heterocycles. The summed E-state index contributed by atoms with van der Waals surface area (Å²) in [6.45, 7) is 3.38. The SMILES string of the molecule is C[C@]1(COCc2ccccc2)OC(O)[C@H](OCc2ccccc2)[C@@H]1OCc1ccccc1. The summed E-state index contributed by atoms with van der Waals surface area (Å²) in [5, 5.41) is 10.7. The highest BCUT2D eigenvalue weighted by Crippen LogP contribution is 2.36. The first-order valence-electron chi connectivity index (χ1n) is 10.9. The van der Waals surface area contributed by atoms with Crippen LogP contribution in [0.4, 0.5) is 0 Å². The molecule has 3 aromatic carbocycles. The Bertz CT molecular complexity index is 934. The van der Waals surface area contributed by atoms with E-state index in [-0.39, 0.29) is 6.61 Å². The van der Waals surface area contributed by atoms with E-state index in [0.717, 1.165) is 16.7 Å². The zero-order valence-corrected chi connectivity index (χ0v) is 18.3. The lowest BCUT2D eigenvalue weighted by atomic mass is 9.98. The first kappa shape index (κ1) is 22.6. The second-order valence-corrected chi connectivity index (χ2v) is 8.28. The van der Waals surface area contributed by atoms with Crippen LogP contribution in [0.15, 0.2) is 91.0 Å². The van der Waals surface area contributed by atoms with Crippen LogP contribution < -0.4 is 0 Å². The standard InChI is InChI=1S/C27H30O5/c1-27(20-29-17-21-11-5-2-6-12-21)25(31-19-23-15-9-4-10-16-23)24(26(28)32-27)30-18-22-13-7-3-8-14-22/h2-16,24-26,28H,17-20H2,1H3/t24-,25+,26?,27-/m1/s1. The molecule has 0 bridgehead atoms. The fourth-order valence-corrected chi connectivity index (χ4v) is 3.94. The normalized spacial score (nSPS) is 25.1. The third-order valence-corrected chi connectivity index (χ3v) is 5.63. The first-order chi connectivity index (χ1) is 15.6. The Balaban J connectivity index is 1.45. The van der Waals surface area contributed by atoms with Gasteiger partial charge in [-0.15, -0.1) is 0 Å². The Morgan fingerprint density at radius 2 is 1.19 bits per heavy atom. The predicted molar refractivity (Wildman–Crippen MR) is 122 cm³/mol. The molecule has 0 amide bonds. The van der Waals surface area contributed by atoms with Crippen LogP contribution >= 0.6 is 0 Å². The number of hydrogen-bond acceptors (Lipinski definition) is 5. The highest BCUT2D eigenvalue weighted by Gasteiger charge is 2.54. The van der Waals surface area contributed by atoms with Gasteiger partial charge in [0.15, 0.2) is 6.29 Å². The molecule has 1 fully saturated rings. The number of hydrogen-bond donors (Lipinski definition) is 1. The number of rotatable bonds is 10. The van der Waals surface area contributed by atoms with E-state index in [1.54, 1.807) is 0 Å². The molecule has 1 saturated heterocycles. The van der Waals surface area contributed by atoms with E-state index in [4.69, 9.17) is 18.9 Å². The maximum absolute atomic E-state index is 10.7. The van der Waals surface area contributed by atoms with E-state index in [9.17, 15) is 5.11 Å². The lowest BCUT2D eigenvalue weighted by Gasteiger charge is -2.31. The quantitative estimate of drug-likeness (QED) is 0.510. The summed E-state index contributed by atoms with van der Waals surface area (Å²) in [6.07, 6.45) is -2.24. The molecule has 1 aliphatic rings. The van der Waals surface area contributed by atoms with Crippen LogP contribution in [0.2, 0.25) is 0 Å². The lowest BCUT2D eigenvalue weighted by Crippen LogP contribution is -2.47. The fraction of sp³-hybridized carbons (Fsp3) is 0.333. The molecule has 5 nitrogen and oxygen atoms in total. The fourth-order valence-electron chi connectivity index (χ4n) is 3.94. The summed E-state index contributed by atoms with van der Waals surface area (Å²) in [4.78, 5) is 0. The van der Waals surface area contributed by atoms with Crippen LogP contribution in [0, 0.1) is 0 Å². The zero-order chi connectivity index (χ0) is 22.2. The minimum absolute atomic E-state index is 0.267. The molecule has 1 heterocycles. The van der Waals surface area contributed by atoms with Gasteiger partial charge >= 0.3 is 0 Å². The van der Waals surface area contributed by atoms with Crippen LogP contribution in [-0.2, 0) is 38.8 Å². The Labute approximate surface area is 189 Å². The first-order valence-corrected chi connectivity index (χ1v) is 10.9. The Morgan fingerprint density at radius 1 is 0.719 bits per heavy atom. The van der Waals surface area contributed by atoms with Crippen LogP contribution in [-0.4, -0.2) is 35.8 Å². The Kier molecular flexibility index (Phi) is 7.68. The maximum Gasteiger partial charge on any atom is 0.184 e. The predicted octanol–water partition coefficient (Wildman–Crippen LogP) is 4.48. The van der Waals surface area contributed by atoms with Crippen LogP contribution in [0.5, 0.6) is 0 Å².